The van der Waals surface area contributed by atoms with Gasteiger partial charge in [-0.2, -0.15) is 0 Å². The van der Waals surface area contributed by atoms with E-state index in [-0.39, 0.29) is 19.7 Å². The Morgan fingerprint density at radius 3 is 2.24 bits per heavy atom. The Kier molecular flexibility index (Phi) is 7.28. The molecule has 3 rings (SSSR count). The first-order valence-corrected chi connectivity index (χ1v) is 9.58. The zero-order valence-electron chi connectivity index (χ0n) is 16.2. The third-order valence-electron chi connectivity index (χ3n) is 5.05. The summed E-state index contributed by atoms with van der Waals surface area (Å²) in [5.41, 5.74) is 1.60. The number of halogens is 3. The topological polar surface area (TPSA) is 41.6 Å². The number of rotatable bonds is 7. The number of nitrogens with zero attached hydrogens (tertiary/aromatic N) is 1. The van der Waals surface area contributed by atoms with E-state index in [0.717, 1.165) is 11.1 Å². The number of carbonyl (C=O) groups is 1. The Hall–Kier alpha value is -2.38. The maximum atomic E-state index is 15.2. The molecule has 4 nitrogen and oxygen atoms in total. The van der Waals surface area contributed by atoms with E-state index in [1.54, 1.807) is 24.3 Å². The number of hydrogen-bond acceptors (Lipinski definition) is 3. The molecular formula is C22H25F3N2O2. The summed E-state index contributed by atoms with van der Waals surface area (Å²) in [7, 11) is 0. The van der Waals surface area contributed by atoms with Crippen molar-refractivity contribution < 1.29 is 22.7 Å². The molecule has 1 heterocycles. The van der Waals surface area contributed by atoms with Crippen LogP contribution in [0.3, 0.4) is 0 Å². The van der Waals surface area contributed by atoms with Gasteiger partial charge in [-0.1, -0.05) is 60.7 Å². The van der Waals surface area contributed by atoms with E-state index in [1.165, 1.54) is 11.8 Å². The fourth-order valence-corrected chi connectivity index (χ4v) is 3.73. The largest absolute Gasteiger partial charge is 0.369 e. The zero-order valence-corrected chi connectivity index (χ0v) is 16.2. The van der Waals surface area contributed by atoms with Gasteiger partial charge >= 0.3 is 0 Å². The summed E-state index contributed by atoms with van der Waals surface area (Å²) < 4.78 is 49.0. The van der Waals surface area contributed by atoms with Crippen LogP contribution in [-0.2, 0) is 22.7 Å². The Labute approximate surface area is 168 Å². The molecule has 1 amide bonds. The minimum Gasteiger partial charge on any atom is -0.369 e. The van der Waals surface area contributed by atoms with Gasteiger partial charge in [-0.3, -0.25) is 9.69 Å². The van der Waals surface area contributed by atoms with Crippen molar-refractivity contribution in [1.29, 1.82) is 0 Å². The van der Waals surface area contributed by atoms with Gasteiger partial charge in [0.2, 0.25) is 5.91 Å². The van der Waals surface area contributed by atoms with Crippen LogP contribution in [0.2, 0.25) is 0 Å². The van der Waals surface area contributed by atoms with Gasteiger partial charge in [0.1, 0.15) is 18.3 Å². The van der Waals surface area contributed by atoms with E-state index >= 15 is 4.39 Å². The lowest BCUT2D eigenvalue weighted by molar-refractivity contribution is -0.149. The first-order valence-electron chi connectivity index (χ1n) is 9.58. The van der Waals surface area contributed by atoms with Crippen molar-refractivity contribution >= 4 is 5.91 Å². The second-order valence-electron chi connectivity index (χ2n) is 7.25. The average molecular weight is 406 g/mol. The molecule has 1 fully saturated rings. The van der Waals surface area contributed by atoms with Crippen LogP contribution in [0.4, 0.5) is 13.2 Å². The molecule has 0 aliphatic carbocycles. The molecule has 1 saturated heterocycles. The summed E-state index contributed by atoms with van der Waals surface area (Å²) in [5, 5.41) is 2.55. The van der Waals surface area contributed by atoms with Gasteiger partial charge in [0.05, 0.1) is 12.6 Å². The van der Waals surface area contributed by atoms with E-state index in [4.69, 9.17) is 4.74 Å². The van der Waals surface area contributed by atoms with Gasteiger partial charge in [0.15, 0.2) is 0 Å². The average Bonchev–Trinajstić information content (AvgIpc) is 2.70. The standard InChI is InChI=1S/C22H25F3N2O2/c1-15(28)26-18-13-27(12-16-8-4-2-5-9-16)20(22(24)25)21(19(18)23)29-14-17-10-6-3-7-11-17/h2-11,18-22H,12-14H2,1H3,(H,26,28)/t18-,19+,20-,21-/m0/s1. The molecule has 1 N–H and O–H groups in total. The van der Waals surface area contributed by atoms with Crippen molar-refractivity contribution in [3.05, 3.63) is 71.8 Å². The van der Waals surface area contributed by atoms with E-state index in [1.807, 2.05) is 36.4 Å². The number of benzene rings is 2. The van der Waals surface area contributed by atoms with Crippen molar-refractivity contribution in [2.75, 3.05) is 6.54 Å². The zero-order chi connectivity index (χ0) is 20.8. The molecule has 29 heavy (non-hydrogen) atoms. The predicted molar refractivity (Wildman–Crippen MR) is 104 cm³/mol. The first kappa shape index (κ1) is 21.3. The van der Waals surface area contributed by atoms with Crippen molar-refractivity contribution in [3.63, 3.8) is 0 Å². The highest BCUT2D eigenvalue weighted by molar-refractivity contribution is 5.73. The molecular weight excluding hydrogens is 381 g/mol. The molecule has 1 aliphatic rings. The fraction of sp³-hybridized carbons (Fsp3) is 0.409. The molecule has 0 bridgehead atoms. The molecule has 2 aromatic carbocycles. The van der Waals surface area contributed by atoms with Gasteiger partial charge in [-0.25, -0.2) is 13.2 Å². The van der Waals surface area contributed by atoms with Crippen molar-refractivity contribution in [2.45, 2.75) is 50.9 Å². The Bertz CT molecular complexity index is 776. The maximum absolute atomic E-state index is 15.2. The molecule has 156 valence electrons. The predicted octanol–water partition coefficient (Wildman–Crippen LogP) is 3.56. The number of hydrogen-bond donors (Lipinski definition) is 1. The van der Waals surface area contributed by atoms with Crippen LogP contribution in [0.5, 0.6) is 0 Å². The van der Waals surface area contributed by atoms with Crippen LogP contribution >= 0.6 is 0 Å². The lowest BCUT2D eigenvalue weighted by Gasteiger charge is -2.46. The van der Waals surface area contributed by atoms with Crippen LogP contribution in [0.1, 0.15) is 18.1 Å². The first-order chi connectivity index (χ1) is 14.0. The monoisotopic (exact) mass is 406 g/mol. The van der Waals surface area contributed by atoms with Gasteiger partial charge in [0.25, 0.3) is 6.43 Å². The SMILES string of the molecule is CC(=O)N[C@H]1CN(Cc2ccccc2)[C@H](C(F)F)[C@@H](OCc2ccccc2)[C@@H]1F. The number of alkyl halides is 3. The Morgan fingerprint density at radius 1 is 1.10 bits per heavy atom. The van der Waals surface area contributed by atoms with Crippen molar-refractivity contribution in [2.24, 2.45) is 0 Å². The van der Waals surface area contributed by atoms with Gasteiger partial charge in [-0.15, -0.1) is 0 Å². The molecule has 4 atom stereocenters. The van der Waals surface area contributed by atoms with Crippen LogP contribution in [-0.4, -0.2) is 48.1 Å². The Morgan fingerprint density at radius 2 is 1.69 bits per heavy atom. The molecule has 0 aromatic heterocycles. The molecule has 0 radical (unpaired) electrons. The van der Waals surface area contributed by atoms with Crippen molar-refractivity contribution in [1.82, 2.24) is 10.2 Å². The minimum atomic E-state index is -2.80. The third kappa shape index (κ3) is 5.58. The molecule has 1 aliphatic heterocycles. The molecule has 0 unspecified atom stereocenters. The molecule has 7 heteroatoms. The highest BCUT2D eigenvalue weighted by Crippen LogP contribution is 2.30. The second kappa shape index (κ2) is 9.89. The van der Waals surface area contributed by atoms with Crippen LogP contribution < -0.4 is 5.32 Å². The smallest absolute Gasteiger partial charge is 0.256 e. The van der Waals surface area contributed by atoms with Gasteiger partial charge in [-0.05, 0) is 11.1 Å². The number of likely N-dealkylation sites (tertiary alicyclic amines) is 1. The normalized spacial score (nSPS) is 25.1. The quantitative estimate of drug-likeness (QED) is 0.765. The van der Waals surface area contributed by atoms with Gasteiger partial charge < -0.3 is 10.1 Å². The number of piperidine rings is 1. The fourth-order valence-electron chi connectivity index (χ4n) is 3.73. The maximum Gasteiger partial charge on any atom is 0.256 e. The molecule has 0 saturated carbocycles. The van der Waals surface area contributed by atoms with Crippen LogP contribution in [0, 0.1) is 0 Å². The summed E-state index contributed by atoms with van der Waals surface area (Å²) in [5.74, 6) is -0.408. The lowest BCUT2D eigenvalue weighted by atomic mass is 9.92. The van der Waals surface area contributed by atoms with Crippen LogP contribution in [0.25, 0.3) is 0 Å². The third-order valence-corrected chi connectivity index (χ3v) is 5.05. The summed E-state index contributed by atoms with van der Waals surface area (Å²) >= 11 is 0. The lowest BCUT2D eigenvalue weighted by Crippen LogP contribution is -2.66. The minimum absolute atomic E-state index is 0.0150. The van der Waals surface area contributed by atoms with E-state index < -0.39 is 36.7 Å². The highest BCUT2D eigenvalue weighted by Gasteiger charge is 2.49. The van der Waals surface area contributed by atoms with E-state index in [9.17, 15) is 13.6 Å². The van der Waals surface area contributed by atoms with Crippen molar-refractivity contribution in [3.8, 4) is 0 Å². The molecule has 2 aromatic rings. The summed E-state index contributed by atoms with van der Waals surface area (Å²) in [6, 6.07) is 15.8. The number of carbonyl (C=O) groups excluding carboxylic acids is 1. The number of ether oxygens (including phenoxy) is 1. The molecule has 0 spiro atoms. The van der Waals surface area contributed by atoms with E-state index in [2.05, 4.69) is 5.32 Å². The second-order valence-corrected chi connectivity index (χ2v) is 7.25. The Balaban J connectivity index is 1.84. The van der Waals surface area contributed by atoms with E-state index in [0.29, 0.717) is 0 Å². The van der Waals surface area contributed by atoms with Crippen LogP contribution in [0.15, 0.2) is 60.7 Å². The van der Waals surface area contributed by atoms with Gasteiger partial charge in [0, 0.05) is 20.0 Å². The number of amides is 1. The number of nitrogens with one attached hydrogen (secondary N) is 1. The highest BCUT2D eigenvalue weighted by atomic mass is 19.3. The summed E-state index contributed by atoms with van der Waals surface area (Å²) in [4.78, 5) is 13.0. The summed E-state index contributed by atoms with van der Waals surface area (Å²) in [6.07, 6.45) is -5.91. The summed E-state index contributed by atoms with van der Waals surface area (Å²) in [6.45, 7) is 1.49.